The molecule has 1 amide bonds. The summed E-state index contributed by atoms with van der Waals surface area (Å²) in [6.45, 7) is 4.43. The van der Waals surface area contributed by atoms with Gasteiger partial charge in [-0.2, -0.15) is 9.57 Å². The SMILES string of the molecule is CCCN(Cc1ccc(C#N)cc1)C(=O)c1ccc(S(=O)(=O)N2CCOCC2)cc1. The highest BCUT2D eigenvalue weighted by Crippen LogP contribution is 2.19. The molecule has 0 spiro atoms. The Labute approximate surface area is 177 Å². The Morgan fingerprint density at radius 2 is 1.73 bits per heavy atom. The lowest BCUT2D eigenvalue weighted by Crippen LogP contribution is -2.40. The fourth-order valence-corrected chi connectivity index (χ4v) is 4.72. The molecule has 0 N–H and O–H groups in total. The summed E-state index contributed by atoms with van der Waals surface area (Å²) in [5, 5.41) is 8.93. The van der Waals surface area contributed by atoms with Gasteiger partial charge in [0.2, 0.25) is 10.0 Å². The normalized spacial score (nSPS) is 14.8. The molecule has 2 aromatic carbocycles. The maximum atomic E-state index is 13.0. The second kappa shape index (κ2) is 9.85. The van der Waals surface area contributed by atoms with Crippen LogP contribution in [0.4, 0.5) is 0 Å². The minimum atomic E-state index is -3.59. The van der Waals surface area contributed by atoms with Crippen molar-refractivity contribution in [2.45, 2.75) is 24.8 Å². The summed E-state index contributed by atoms with van der Waals surface area (Å²) < 4.78 is 32.1. The lowest BCUT2D eigenvalue weighted by molar-refractivity contribution is 0.0730. The molecule has 3 rings (SSSR count). The van der Waals surface area contributed by atoms with Gasteiger partial charge in [0, 0.05) is 31.7 Å². The third kappa shape index (κ3) is 5.05. The predicted molar refractivity (Wildman–Crippen MR) is 112 cm³/mol. The number of morpholine rings is 1. The zero-order chi connectivity index (χ0) is 21.6. The molecule has 8 heteroatoms. The van der Waals surface area contributed by atoms with Crippen LogP contribution >= 0.6 is 0 Å². The number of sulfonamides is 1. The third-order valence-electron chi connectivity index (χ3n) is 4.95. The number of hydrogen-bond donors (Lipinski definition) is 0. The van der Waals surface area contributed by atoms with Gasteiger partial charge in [-0.3, -0.25) is 4.79 Å². The van der Waals surface area contributed by atoms with E-state index in [-0.39, 0.29) is 10.8 Å². The minimum absolute atomic E-state index is 0.156. The lowest BCUT2D eigenvalue weighted by Gasteiger charge is -2.26. The molecular formula is C22H25N3O4S. The molecule has 0 radical (unpaired) electrons. The number of benzene rings is 2. The van der Waals surface area contributed by atoms with Gasteiger partial charge >= 0.3 is 0 Å². The molecule has 7 nitrogen and oxygen atoms in total. The van der Waals surface area contributed by atoms with E-state index in [2.05, 4.69) is 6.07 Å². The number of rotatable bonds is 7. The van der Waals surface area contributed by atoms with E-state index in [4.69, 9.17) is 10.00 Å². The monoisotopic (exact) mass is 427 g/mol. The van der Waals surface area contributed by atoms with Crippen molar-refractivity contribution < 1.29 is 17.9 Å². The average molecular weight is 428 g/mol. The maximum absolute atomic E-state index is 13.0. The van der Waals surface area contributed by atoms with Crippen LogP contribution in [0.1, 0.15) is 34.8 Å². The van der Waals surface area contributed by atoms with Gasteiger partial charge in [-0.1, -0.05) is 19.1 Å². The molecule has 1 saturated heterocycles. The van der Waals surface area contributed by atoms with Gasteiger partial charge in [0.15, 0.2) is 0 Å². The highest BCUT2D eigenvalue weighted by Gasteiger charge is 2.26. The first kappa shape index (κ1) is 22.0. The van der Waals surface area contributed by atoms with E-state index in [1.807, 2.05) is 19.1 Å². The first-order valence-electron chi connectivity index (χ1n) is 9.92. The van der Waals surface area contributed by atoms with Gasteiger partial charge in [-0.25, -0.2) is 8.42 Å². The number of ether oxygens (including phenoxy) is 1. The molecule has 30 heavy (non-hydrogen) atoms. The van der Waals surface area contributed by atoms with Crippen molar-refractivity contribution >= 4 is 15.9 Å². The molecule has 1 aliphatic heterocycles. The number of carbonyl (C=O) groups excluding carboxylic acids is 1. The molecule has 2 aromatic rings. The van der Waals surface area contributed by atoms with Gasteiger partial charge in [-0.05, 0) is 48.4 Å². The number of nitriles is 1. The molecule has 1 fully saturated rings. The summed E-state index contributed by atoms with van der Waals surface area (Å²) in [6.07, 6.45) is 0.797. The summed E-state index contributed by atoms with van der Waals surface area (Å²) >= 11 is 0. The topological polar surface area (TPSA) is 90.7 Å². The van der Waals surface area contributed by atoms with Crippen LogP contribution in [0.15, 0.2) is 53.4 Å². The summed E-state index contributed by atoms with van der Waals surface area (Å²) in [7, 11) is -3.59. The van der Waals surface area contributed by atoms with Crippen LogP contribution in [0.5, 0.6) is 0 Å². The molecule has 0 aromatic heterocycles. The van der Waals surface area contributed by atoms with Crippen LogP contribution < -0.4 is 0 Å². The van der Waals surface area contributed by atoms with Gasteiger partial charge < -0.3 is 9.64 Å². The standard InChI is InChI=1S/C22H25N3O4S/c1-2-11-24(17-19-5-3-18(16-23)4-6-19)22(26)20-7-9-21(10-8-20)30(27,28)25-12-14-29-15-13-25/h3-10H,2,11-15,17H2,1H3. The molecule has 0 saturated carbocycles. The van der Waals surface area contributed by atoms with Crippen LogP contribution in [0.25, 0.3) is 0 Å². The van der Waals surface area contributed by atoms with E-state index in [1.165, 1.54) is 16.4 Å². The van der Waals surface area contributed by atoms with E-state index >= 15 is 0 Å². The van der Waals surface area contributed by atoms with E-state index in [0.717, 1.165) is 12.0 Å². The van der Waals surface area contributed by atoms with E-state index in [0.29, 0.717) is 50.5 Å². The molecule has 0 aliphatic carbocycles. The highest BCUT2D eigenvalue weighted by atomic mass is 32.2. The van der Waals surface area contributed by atoms with E-state index in [9.17, 15) is 13.2 Å². The third-order valence-corrected chi connectivity index (χ3v) is 6.86. The van der Waals surface area contributed by atoms with E-state index in [1.54, 1.807) is 29.2 Å². The zero-order valence-corrected chi connectivity index (χ0v) is 17.8. The van der Waals surface area contributed by atoms with E-state index < -0.39 is 10.0 Å². The number of nitrogens with zero attached hydrogens (tertiary/aromatic N) is 3. The minimum Gasteiger partial charge on any atom is -0.379 e. The van der Waals surface area contributed by atoms with Crippen molar-refractivity contribution in [3.63, 3.8) is 0 Å². The van der Waals surface area contributed by atoms with Gasteiger partial charge in [0.1, 0.15) is 0 Å². The van der Waals surface area contributed by atoms with Crippen LogP contribution in [-0.4, -0.2) is 56.4 Å². The molecule has 1 aliphatic rings. The summed E-state index contributed by atoms with van der Waals surface area (Å²) in [5.74, 6) is -0.156. The Bertz CT molecular complexity index is 1010. The Balaban J connectivity index is 1.75. The van der Waals surface area contributed by atoms with Crippen LogP contribution in [0, 0.1) is 11.3 Å². The van der Waals surface area contributed by atoms with Crippen LogP contribution in [0.2, 0.25) is 0 Å². The lowest BCUT2D eigenvalue weighted by atomic mass is 10.1. The average Bonchev–Trinajstić information content (AvgIpc) is 2.79. The Morgan fingerprint density at radius 1 is 1.10 bits per heavy atom. The van der Waals surface area contributed by atoms with Crippen molar-refractivity contribution in [2.75, 3.05) is 32.8 Å². The number of hydrogen-bond acceptors (Lipinski definition) is 5. The number of carbonyl (C=O) groups is 1. The van der Waals surface area contributed by atoms with Crippen molar-refractivity contribution in [3.05, 3.63) is 65.2 Å². The molecule has 0 atom stereocenters. The smallest absolute Gasteiger partial charge is 0.254 e. The van der Waals surface area contributed by atoms with Crippen LogP contribution in [0.3, 0.4) is 0 Å². The summed E-state index contributed by atoms with van der Waals surface area (Å²) in [6, 6.07) is 15.3. The largest absolute Gasteiger partial charge is 0.379 e. The van der Waals surface area contributed by atoms with Gasteiger partial charge in [0.05, 0.1) is 29.7 Å². The maximum Gasteiger partial charge on any atom is 0.254 e. The fraction of sp³-hybridized carbons (Fsp3) is 0.364. The first-order chi connectivity index (χ1) is 14.5. The fourth-order valence-electron chi connectivity index (χ4n) is 3.32. The van der Waals surface area contributed by atoms with Crippen molar-refractivity contribution in [2.24, 2.45) is 0 Å². The van der Waals surface area contributed by atoms with Gasteiger partial charge in [-0.15, -0.1) is 0 Å². The predicted octanol–water partition coefficient (Wildman–Crippen LogP) is 2.63. The second-order valence-corrected chi connectivity index (χ2v) is 9.01. The second-order valence-electron chi connectivity index (χ2n) is 7.08. The summed E-state index contributed by atoms with van der Waals surface area (Å²) in [4.78, 5) is 14.9. The van der Waals surface area contributed by atoms with Crippen molar-refractivity contribution in [1.82, 2.24) is 9.21 Å². The van der Waals surface area contributed by atoms with Crippen molar-refractivity contribution in [3.8, 4) is 6.07 Å². The molecule has 158 valence electrons. The number of amides is 1. The molecule has 1 heterocycles. The molecule has 0 bridgehead atoms. The van der Waals surface area contributed by atoms with Crippen LogP contribution in [-0.2, 0) is 21.3 Å². The molecule has 0 unspecified atom stereocenters. The van der Waals surface area contributed by atoms with Gasteiger partial charge in [0.25, 0.3) is 5.91 Å². The van der Waals surface area contributed by atoms with Crippen molar-refractivity contribution in [1.29, 1.82) is 5.26 Å². The molecular weight excluding hydrogens is 402 g/mol. The quantitative estimate of drug-likeness (QED) is 0.678. The first-order valence-corrected chi connectivity index (χ1v) is 11.4. The Hall–Kier alpha value is -2.73. The Morgan fingerprint density at radius 3 is 2.30 bits per heavy atom. The Kier molecular flexibility index (Phi) is 7.21. The zero-order valence-electron chi connectivity index (χ0n) is 17.0. The summed E-state index contributed by atoms with van der Waals surface area (Å²) in [5.41, 5.74) is 1.95. The highest BCUT2D eigenvalue weighted by molar-refractivity contribution is 7.89.